The van der Waals surface area contributed by atoms with E-state index < -0.39 is 15.8 Å². The van der Waals surface area contributed by atoms with E-state index >= 15 is 0 Å². The highest BCUT2D eigenvalue weighted by Crippen LogP contribution is 2.31. The molecule has 1 aliphatic rings. The summed E-state index contributed by atoms with van der Waals surface area (Å²) >= 11 is 0. The number of carbonyl (C=O) groups excluding carboxylic acids is 1. The first kappa shape index (κ1) is 20.1. The lowest BCUT2D eigenvalue weighted by atomic mass is 10.1. The number of rotatable bonds is 7. The SMILES string of the molecule is O=C(Cc1cccc(F)c1)NCCNS(=O)(=O)c1ccc2c(c1)OCCCO2. The topological polar surface area (TPSA) is 93.7 Å². The number of benzene rings is 2. The lowest BCUT2D eigenvalue weighted by Gasteiger charge is -2.11. The Morgan fingerprint density at radius 2 is 1.82 bits per heavy atom. The number of hydrogen-bond donors (Lipinski definition) is 2. The van der Waals surface area contributed by atoms with Crippen LogP contribution in [0.1, 0.15) is 12.0 Å². The highest BCUT2D eigenvalue weighted by Gasteiger charge is 2.18. The zero-order valence-corrected chi connectivity index (χ0v) is 15.9. The van der Waals surface area contributed by atoms with Gasteiger partial charge in [0.15, 0.2) is 11.5 Å². The molecule has 2 aromatic rings. The first-order valence-corrected chi connectivity index (χ1v) is 10.3. The smallest absolute Gasteiger partial charge is 0.240 e. The second-order valence-corrected chi connectivity index (χ2v) is 7.98. The van der Waals surface area contributed by atoms with E-state index in [1.165, 1.54) is 30.3 Å². The number of fused-ring (bicyclic) bond motifs is 1. The summed E-state index contributed by atoms with van der Waals surface area (Å²) in [7, 11) is -3.75. The van der Waals surface area contributed by atoms with Crippen LogP contribution in [0.4, 0.5) is 4.39 Å². The number of ether oxygens (including phenoxy) is 2. The summed E-state index contributed by atoms with van der Waals surface area (Å²) in [6.07, 6.45) is 0.747. The molecule has 0 atom stereocenters. The predicted octanol–water partition coefficient (Wildman–Crippen LogP) is 1.62. The first-order valence-electron chi connectivity index (χ1n) is 8.84. The third-order valence-corrected chi connectivity index (χ3v) is 5.48. The summed E-state index contributed by atoms with van der Waals surface area (Å²) in [5, 5.41) is 2.60. The van der Waals surface area contributed by atoms with Gasteiger partial charge in [-0.2, -0.15) is 0 Å². The van der Waals surface area contributed by atoms with E-state index in [9.17, 15) is 17.6 Å². The van der Waals surface area contributed by atoms with Crippen molar-refractivity contribution in [1.82, 2.24) is 10.0 Å². The molecule has 0 saturated heterocycles. The molecule has 1 heterocycles. The minimum absolute atomic E-state index is 0.0195. The maximum Gasteiger partial charge on any atom is 0.240 e. The van der Waals surface area contributed by atoms with Crippen molar-refractivity contribution in [3.63, 3.8) is 0 Å². The van der Waals surface area contributed by atoms with Crippen LogP contribution in [0.3, 0.4) is 0 Å². The van der Waals surface area contributed by atoms with E-state index in [4.69, 9.17) is 9.47 Å². The summed E-state index contributed by atoms with van der Waals surface area (Å²) in [6.45, 7) is 1.11. The van der Waals surface area contributed by atoms with Crippen LogP contribution in [0.15, 0.2) is 47.4 Å². The van der Waals surface area contributed by atoms with Gasteiger partial charge in [0.1, 0.15) is 5.82 Å². The van der Waals surface area contributed by atoms with Gasteiger partial charge in [-0.1, -0.05) is 12.1 Å². The van der Waals surface area contributed by atoms with Gasteiger partial charge in [0.25, 0.3) is 0 Å². The average Bonchev–Trinajstić information content (AvgIpc) is 2.90. The number of halogens is 1. The molecule has 0 fully saturated rings. The lowest BCUT2D eigenvalue weighted by molar-refractivity contribution is -0.120. The largest absolute Gasteiger partial charge is 0.490 e. The average molecular weight is 408 g/mol. The second kappa shape index (κ2) is 9.03. The lowest BCUT2D eigenvalue weighted by Crippen LogP contribution is -2.35. The van der Waals surface area contributed by atoms with Crippen molar-refractivity contribution >= 4 is 15.9 Å². The van der Waals surface area contributed by atoms with Crippen LogP contribution >= 0.6 is 0 Å². The molecule has 0 bridgehead atoms. The predicted molar refractivity (Wildman–Crippen MR) is 100 cm³/mol. The van der Waals surface area contributed by atoms with Crippen molar-refractivity contribution in [1.29, 1.82) is 0 Å². The molecule has 9 heteroatoms. The summed E-state index contributed by atoms with van der Waals surface area (Å²) in [5.74, 6) is 0.179. The number of sulfonamides is 1. The Bertz CT molecular complexity index is 949. The summed E-state index contributed by atoms with van der Waals surface area (Å²) in [6, 6.07) is 10.2. The molecule has 2 N–H and O–H groups in total. The molecule has 0 aromatic heterocycles. The van der Waals surface area contributed by atoms with Crippen molar-refractivity contribution in [2.75, 3.05) is 26.3 Å². The van der Waals surface area contributed by atoms with Gasteiger partial charge in [0, 0.05) is 25.6 Å². The van der Waals surface area contributed by atoms with E-state index in [2.05, 4.69) is 10.0 Å². The molecule has 0 unspecified atom stereocenters. The first-order chi connectivity index (χ1) is 13.4. The standard InChI is InChI=1S/C19H21FN2O5S/c20-15-4-1-3-14(11-15)12-19(23)21-7-8-22-28(24,25)16-5-6-17-18(13-16)27-10-2-9-26-17/h1,3-6,11,13,22H,2,7-10,12H2,(H,21,23). The number of carbonyl (C=O) groups is 1. The summed E-state index contributed by atoms with van der Waals surface area (Å²) in [4.78, 5) is 11.9. The Morgan fingerprint density at radius 3 is 2.61 bits per heavy atom. The number of nitrogens with one attached hydrogen (secondary N) is 2. The molecular weight excluding hydrogens is 387 g/mol. The fourth-order valence-corrected chi connectivity index (χ4v) is 3.72. The van der Waals surface area contributed by atoms with E-state index in [0.29, 0.717) is 30.3 Å². The summed E-state index contributed by atoms with van der Waals surface area (Å²) in [5.41, 5.74) is 0.547. The molecular formula is C19H21FN2O5S. The molecule has 28 heavy (non-hydrogen) atoms. The third-order valence-electron chi connectivity index (χ3n) is 4.02. The zero-order valence-electron chi connectivity index (χ0n) is 15.1. The monoisotopic (exact) mass is 408 g/mol. The van der Waals surface area contributed by atoms with Gasteiger partial charge in [-0.15, -0.1) is 0 Å². The minimum Gasteiger partial charge on any atom is -0.490 e. The van der Waals surface area contributed by atoms with E-state index in [1.54, 1.807) is 12.1 Å². The van der Waals surface area contributed by atoms with Crippen molar-refractivity contribution in [2.24, 2.45) is 0 Å². The Kier molecular flexibility index (Phi) is 6.48. The molecule has 0 radical (unpaired) electrons. The van der Waals surface area contributed by atoms with Crippen LogP contribution < -0.4 is 19.5 Å². The maximum absolute atomic E-state index is 13.1. The Balaban J connectivity index is 1.50. The van der Waals surface area contributed by atoms with Gasteiger partial charge in [0.2, 0.25) is 15.9 Å². The summed E-state index contributed by atoms with van der Waals surface area (Å²) < 4.78 is 51.4. The van der Waals surface area contributed by atoms with Crippen molar-refractivity contribution < 1.29 is 27.1 Å². The van der Waals surface area contributed by atoms with Crippen LogP contribution in [-0.2, 0) is 21.2 Å². The van der Waals surface area contributed by atoms with Crippen molar-refractivity contribution in [2.45, 2.75) is 17.7 Å². The van der Waals surface area contributed by atoms with Crippen LogP contribution in [0.25, 0.3) is 0 Å². The highest BCUT2D eigenvalue weighted by molar-refractivity contribution is 7.89. The highest BCUT2D eigenvalue weighted by atomic mass is 32.2. The molecule has 3 rings (SSSR count). The molecule has 0 saturated carbocycles. The van der Waals surface area contributed by atoms with Gasteiger partial charge >= 0.3 is 0 Å². The fraction of sp³-hybridized carbons (Fsp3) is 0.316. The number of hydrogen-bond acceptors (Lipinski definition) is 5. The second-order valence-electron chi connectivity index (χ2n) is 6.21. The Hall–Kier alpha value is -2.65. The maximum atomic E-state index is 13.1. The normalized spacial score (nSPS) is 13.6. The van der Waals surface area contributed by atoms with Crippen molar-refractivity contribution in [3.05, 3.63) is 53.8 Å². The molecule has 1 amide bonds. The van der Waals surface area contributed by atoms with Gasteiger partial charge in [-0.3, -0.25) is 4.79 Å². The molecule has 1 aliphatic heterocycles. The molecule has 2 aromatic carbocycles. The zero-order chi connectivity index (χ0) is 20.0. The molecule has 7 nitrogen and oxygen atoms in total. The number of amides is 1. The third kappa shape index (κ3) is 5.43. The van der Waals surface area contributed by atoms with Gasteiger partial charge in [-0.05, 0) is 29.8 Å². The van der Waals surface area contributed by atoms with Crippen LogP contribution in [-0.4, -0.2) is 40.6 Å². The minimum atomic E-state index is -3.75. The fourth-order valence-electron chi connectivity index (χ4n) is 2.68. The van der Waals surface area contributed by atoms with Gasteiger partial charge in [0.05, 0.1) is 24.5 Å². The van der Waals surface area contributed by atoms with Crippen LogP contribution in [0.2, 0.25) is 0 Å². The van der Waals surface area contributed by atoms with Gasteiger partial charge < -0.3 is 14.8 Å². The van der Waals surface area contributed by atoms with Crippen molar-refractivity contribution in [3.8, 4) is 11.5 Å². The Labute approximate surface area is 162 Å². The van der Waals surface area contributed by atoms with Crippen LogP contribution in [0.5, 0.6) is 11.5 Å². The molecule has 0 spiro atoms. The van der Waals surface area contributed by atoms with E-state index in [1.807, 2.05) is 0 Å². The quantitative estimate of drug-likeness (QED) is 0.679. The van der Waals surface area contributed by atoms with E-state index in [0.717, 1.165) is 6.42 Å². The van der Waals surface area contributed by atoms with Crippen LogP contribution in [0, 0.1) is 5.82 Å². The molecule has 150 valence electrons. The molecule has 0 aliphatic carbocycles. The Morgan fingerprint density at radius 1 is 1.04 bits per heavy atom. The van der Waals surface area contributed by atoms with Gasteiger partial charge in [-0.25, -0.2) is 17.5 Å². The van der Waals surface area contributed by atoms with E-state index in [-0.39, 0.29) is 30.3 Å².